The van der Waals surface area contributed by atoms with Gasteiger partial charge in [-0.25, -0.2) is 0 Å². The van der Waals surface area contributed by atoms with Crippen LogP contribution in [0.15, 0.2) is 39.6 Å². The Kier molecular flexibility index (Phi) is 4.09. The third kappa shape index (κ3) is 3.18. The number of aromatic hydroxyl groups is 1. The topological polar surface area (TPSA) is 91.4 Å². The van der Waals surface area contributed by atoms with E-state index in [1.54, 1.807) is 18.2 Å². The van der Waals surface area contributed by atoms with Gasteiger partial charge in [0.25, 0.3) is 11.5 Å². The van der Waals surface area contributed by atoms with Gasteiger partial charge in [-0.05, 0) is 18.2 Å². The fourth-order valence-corrected chi connectivity index (χ4v) is 1.99. The van der Waals surface area contributed by atoms with E-state index in [1.807, 2.05) is 0 Å². The molecule has 0 unspecified atom stereocenters. The number of halogens is 1. The van der Waals surface area contributed by atoms with Crippen LogP contribution in [0.25, 0.3) is 0 Å². The number of pyridine rings is 1. The molecule has 20 heavy (non-hydrogen) atoms. The maximum absolute atomic E-state index is 12.1. The van der Waals surface area contributed by atoms with Crippen molar-refractivity contribution in [3.8, 4) is 11.6 Å². The van der Waals surface area contributed by atoms with E-state index in [-0.39, 0.29) is 11.4 Å². The number of H-pyrrole nitrogens is 1. The SMILES string of the molecule is COc1ccc(Br)cc1NC(=O)c1cc(O)[nH]c(=O)c1. The molecule has 1 aromatic heterocycles. The molecule has 0 bridgehead atoms. The molecule has 0 saturated carbocycles. The number of amides is 1. The standard InChI is InChI=1S/C13H11BrN2O4/c1-20-10-3-2-8(14)6-9(10)15-13(19)7-4-11(17)16-12(18)5-7/h2-6H,1H3,(H,15,19)(H2,16,17,18). The first kappa shape index (κ1) is 14.1. The summed E-state index contributed by atoms with van der Waals surface area (Å²) in [6.07, 6.45) is 0. The molecule has 0 atom stereocenters. The Bertz CT molecular complexity index is 712. The molecule has 0 radical (unpaired) electrons. The van der Waals surface area contributed by atoms with Crippen LogP contribution in [0.5, 0.6) is 11.6 Å². The van der Waals surface area contributed by atoms with Gasteiger partial charge in [0.15, 0.2) is 5.88 Å². The molecule has 2 aromatic rings. The Balaban J connectivity index is 2.32. The van der Waals surface area contributed by atoms with Crippen LogP contribution in [0.2, 0.25) is 0 Å². The summed E-state index contributed by atoms with van der Waals surface area (Å²) in [7, 11) is 1.48. The zero-order valence-electron chi connectivity index (χ0n) is 10.4. The molecule has 0 aliphatic rings. The van der Waals surface area contributed by atoms with E-state index in [2.05, 4.69) is 26.2 Å². The second-order valence-electron chi connectivity index (χ2n) is 3.92. The number of anilines is 1. The summed E-state index contributed by atoms with van der Waals surface area (Å²) in [4.78, 5) is 25.4. The zero-order valence-corrected chi connectivity index (χ0v) is 12.0. The summed E-state index contributed by atoms with van der Waals surface area (Å²) in [6, 6.07) is 7.40. The second-order valence-corrected chi connectivity index (χ2v) is 4.83. The van der Waals surface area contributed by atoms with E-state index in [0.717, 1.165) is 10.5 Å². The molecule has 0 spiro atoms. The number of ether oxygens (including phenoxy) is 1. The highest BCUT2D eigenvalue weighted by molar-refractivity contribution is 9.10. The lowest BCUT2D eigenvalue weighted by Gasteiger charge is -2.10. The van der Waals surface area contributed by atoms with Crippen molar-refractivity contribution < 1.29 is 14.6 Å². The minimum Gasteiger partial charge on any atom is -0.495 e. The highest BCUT2D eigenvalue weighted by Gasteiger charge is 2.12. The number of benzene rings is 1. The Morgan fingerprint density at radius 1 is 1.35 bits per heavy atom. The Morgan fingerprint density at radius 2 is 2.10 bits per heavy atom. The van der Waals surface area contributed by atoms with Crippen LogP contribution in [-0.4, -0.2) is 23.1 Å². The summed E-state index contributed by atoms with van der Waals surface area (Å²) in [5, 5.41) is 11.9. The third-order valence-corrected chi connectivity index (χ3v) is 3.00. The number of aromatic amines is 1. The van der Waals surface area contributed by atoms with E-state index in [0.29, 0.717) is 11.4 Å². The van der Waals surface area contributed by atoms with Crippen LogP contribution >= 0.6 is 15.9 Å². The Labute approximate surface area is 122 Å². The first-order chi connectivity index (χ1) is 9.49. The van der Waals surface area contributed by atoms with Gasteiger partial charge in [-0.1, -0.05) is 15.9 Å². The first-order valence-corrected chi connectivity index (χ1v) is 6.37. The van der Waals surface area contributed by atoms with Gasteiger partial charge in [-0.3, -0.25) is 14.6 Å². The largest absolute Gasteiger partial charge is 0.495 e. The van der Waals surface area contributed by atoms with E-state index >= 15 is 0 Å². The molecular weight excluding hydrogens is 328 g/mol. The van der Waals surface area contributed by atoms with Crippen LogP contribution in [0, 0.1) is 0 Å². The molecule has 7 heteroatoms. The lowest BCUT2D eigenvalue weighted by Crippen LogP contribution is -2.16. The lowest BCUT2D eigenvalue weighted by atomic mass is 10.2. The van der Waals surface area contributed by atoms with E-state index in [1.165, 1.54) is 13.2 Å². The minimum atomic E-state index is -0.559. The van der Waals surface area contributed by atoms with Gasteiger partial charge in [0.2, 0.25) is 0 Å². The lowest BCUT2D eigenvalue weighted by molar-refractivity contribution is 0.102. The number of carbonyl (C=O) groups is 1. The number of methoxy groups -OCH3 is 1. The predicted molar refractivity (Wildman–Crippen MR) is 77.4 cm³/mol. The van der Waals surface area contributed by atoms with Gasteiger partial charge < -0.3 is 15.2 Å². The van der Waals surface area contributed by atoms with Gasteiger partial charge in [-0.2, -0.15) is 0 Å². The molecule has 1 heterocycles. The van der Waals surface area contributed by atoms with Crippen molar-refractivity contribution in [2.24, 2.45) is 0 Å². The van der Waals surface area contributed by atoms with Crippen molar-refractivity contribution in [3.05, 3.63) is 50.7 Å². The molecule has 0 aliphatic carbocycles. The average molecular weight is 339 g/mol. The molecule has 104 valence electrons. The molecule has 0 saturated heterocycles. The molecule has 1 amide bonds. The number of nitrogens with one attached hydrogen (secondary N) is 2. The average Bonchev–Trinajstić information content (AvgIpc) is 2.37. The number of hydrogen-bond acceptors (Lipinski definition) is 4. The fraction of sp³-hybridized carbons (Fsp3) is 0.0769. The monoisotopic (exact) mass is 338 g/mol. The number of rotatable bonds is 3. The van der Waals surface area contributed by atoms with Gasteiger partial charge >= 0.3 is 0 Å². The van der Waals surface area contributed by atoms with E-state index in [4.69, 9.17) is 4.74 Å². The number of aromatic nitrogens is 1. The predicted octanol–water partition coefficient (Wildman–Crippen LogP) is 2.10. The zero-order chi connectivity index (χ0) is 14.7. The van der Waals surface area contributed by atoms with Crippen molar-refractivity contribution in [2.45, 2.75) is 0 Å². The van der Waals surface area contributed by atoms with Crippen molar-refractivity contribution >= 4 is 27.5 Å². The second kappa shape index (κ2) is 5.79. The first-order valence-electron chi connectivity index (χ1n) is 5.58. The summed E-state index contributed by atoms with van der Waals surface area (Å²) in [5.74, 6) is -0.415. The van der Waals surface area contributed by atoms with Gasteiger partial charge in [0, 0.05) is 16.6 Å². The highest BCUT2D eigenvalue weighted by Crippen LogP contribution is 2.28. The molecular formula is C13H11BrN2O4. The molecule has 2 rings (SSSR count). The van der Waals surface area contributed by atoms with Crippen LogP contribution in [0.3, 0.4) is 0 Å². The van der Waals surface area contributed by atoms with Gasteiger partial charge in [0.05, 0.1) is 18.4 Å². The molecule has 0 aliphatic heterocycles. The summed E-state index contributed by atoms with van der Waals surface area (Å²) >= 11 is 3.29. The summed E-state index contributed by atoms with van der Waals surface area (Å²) in [5.41, 5.74) is -0.0590. The fourth-order valence-electron chi connectivity index (χ4n) is 1.63. The van der Waals surface area contributed by atoms with Crippen LogP contribution in [0.1, 0.15) is 10.4 Å². The number of carbonyl (C=O) groups excluding carboxylic acids is 1. The van der Waals surface area contributed by atoms with Crippen molar-refractivity contribution in [1.29, 1.82) is 0 Å². The van der Waals surface area contributed by atoms with Crippen molar-refractivity contribution in [1.82, 2.24) is 4.98 Å². The summed E-state index contributed by atoms with van der Waals surface area (Å²) in [6.45, 7) is 0. The smallest absolute Gasteiger partial charge is 0.256 e. The van der Waals surface area contributed by atoms with Gasteiger partial charge in [0.1, 0.15) is 5.75 Å². The van der Waals surface area contributed by atoms with Crippen molar-refractivity contribution in [3.63, 3.8) is 0 Å². The minimum absolute atomic E-state index is 0.0493. The van der Waals surface area contributed by atoms with Crippen LogP contribution < -0.4 is 15.6 Å². The maximum Gasteiger partial charge on any atom is 0.256 e. The Hall–Kier alpha value is -2.28. The molecule has 1 aromatic carbocycles. The molecule has 3 N–H and O–H groups in total. The highest BCUT2D eigenvalue weighted by atomic mass is 79.9. The van der Waals surface area contributed by atoms with Crippen LogP contribution in [-0.2, 0) is 0 Å². The molecule has 0 fully saturated rings. The third-order valence-electron chi connectivity index (χ3n) is 2.50. The van der Waals surface area contributed by atoms with Crippen LogP contribution in [0.4, 0.5) is 5.69 Å². The normalized spacial score (nSPS) is 10.1. The maximum atomic E-state index is 12.1. The summed E-state index contributed by atoms with van der Waals surface area (Å²) < 4.78 is 5.90. The van der Waals surface area contributed by atoms with E-state index in [9.17, 15) is 14.7 Å². The quantitative estimate of drug-likeness (QED) is 0.799. The Morgan fingerprint density at radius 3 is 2.75 bits per heavy atom. The van der Waals surface area contributed by atoms with Crippen molar-refractivity contribution in [2.75, 3.05) is 12.4 Å². The van der Waals surface area contributed by atoms with E-state index < -0.39 is 11.5 Å². The molecule has 6 nitrogen and oxygen atoms in total. The number of hydrogen-bond donors (Lipinski definition) is 3. The van der Waals surface area contributed by atoms with Gasteiger partial charge in [-0.15, -0.1) is 0 Å².